The molecule has 0 bridgehead atoms. The number of nitrogens with zero attached hydrogens (tertiary/aromatic N) is 4. The Morgan fingerprint density at radius 1 is 1.14 bits per heavy atom. The van der Waals surface area contributed by atoms with Gasteiger partial charge in [-0.3, -0.25) is 19.3 Å². The van der Waals surface area contributed by atoms with Crippen LogP contribution in [0.25, 0.3) is 0 Å². The van der Waals surface area contributed by atoms with E-state index in [1.54, 1.807) is 6.20 Å². The number of ether oxygens (including phenoxy) is 1. The molecular formula is C28H24ClN5O6S3. The number of hydrogen-bond donors (Lipinski definition) is 1. The highest BCUT2D eigenvalue weighted by Gasteiger charge is 2.55. The first-order valence-electron chi connectivity index (χ1n) is 12.8. The Bertz CT molecular complexity index is 1520. The second kappa shape index (κ2) is 14.2. The van der Waals surface area contributed by atoms with Crippen molar-refractivity contribution < 1.29 is 28.8 Å². The van der Waals surface area contributed by atoms with E-state index in [0.717, 1.165) is 15.3 Å². The molecule has 15 heteroatoms. The van der Waals surface area contributed by atoms with E-state index in [-0.39, 0.29) is 5.70 Å². The van der Waals surface area contributed by atoms with Crippen LogP contribution >= 0.6 is 46.7 Å². The minimum absolute atomic E-state index is 0.128. The van der Waals surface area contributed by atoms with Gasteiger partial charge in [0.2, 0.25) is 11.5 Å². The summed E-state index contributed by atoms with van der Waals surface area (Å²) in [6, 6.07) is 17.7. The van der Waals surface area contributed by atoms with Crippen LogP contribution in [0.5, 0.6) is 0 Å². The maximum Gasteiger partial charge on any atom is 0.356 e. The average Bonchev–Trinajstić information content (AvgIpc) is 3.57. The number of esters is 1. The first-order chi connectivity index (χ1) is 20.9. The van der Waals surface area contributed by atoms with Crippen LogP contribution in [0.2, 0.25) is 0 Å². The predicted octanol–water partition coefficient (Wildman–Crippen LogP) is 3.43. The zero-order chi connectivity index (χ0) is 30.3. The van der Waals surface area contributed by atoms with Gasteiger partial charge in [-0.2, -0.15) is 0 Å². The Morgan fingerprint density at radius 3 is 2.40 bits per heavy atom. The molecule has 1 fully saturated rings. The predicted molar refractivity (Wildman–Crippen MR) is 164 cm³/mol. The lowest BCUT2D eigenvalue weighted by Crippen LogP contribution is -2.71. The summed E-state index contributed by atoms with van der Waals surface area (Å²) in [4.78, 5) is 58.4. The van der Waals surface area contributed by atoms with Gasteiger partial charge in [-0.1, -0.05) is 70.3 Å². The number of fused-ring (bicyclic) bond motifs is 1. The van der Waals surface area contributed by atoms with Gasteiger partial charge in [0.05, 0.1) is 12.1 Å². The molecule has 0 aliphatic carbocycles. The maximum atomic E-state index is 14.0. The smallest absolute Gasteiger partial charge is 0.356 e. The number of β-lactam (4-membered cyclic amide) rings is 1. The third kappa shape index (κ3) is 6.77. The van der Waals surface area contributed by atoms with Crippen LogP contribution in [0.4, 0.5) is 0 Å². The van der Waals surface area contributed by atoms with Crippen molar-refractivity contribution in [2.24, 2.45) is 5.16 Å². The number of rotatable bonds is 12. The summed E-state index contributed by atoms with van der Waals surface area (Å²) >= 11 is 9.67. The van der Waals surface area contributed by atoms with E-state index in [1.165, 1.54) is 47.1 Å². The number of carbonyl (C=O) groups is 4. The molecule has 0 radical (unpaired) electrons. The number of amides is 2. The summed E-state index contributed by atoms with van der Waals surface area (Å²) in [7, 11) is 1.19. The van der Waals surface area contributed by atoms with Crippen molar-refractivity contribution in [3.8, 4) is 0 Å². The van der Waals surface area contributed by atoms with Crippen molar-refractivity contribution in [3.05, 3.63) is 89.3 Å². The monoisotopic (exact) mass is 657 g/mol. The molecule has 0 spiro atoms. The van der Waals surface area contributed by atoms with E-state index in [0.29, 0.717) is 17.1 Å². The number of Topliss-reactive ketones (excluding diaryl/α,β-unsaturated/α-hetero) is 1. The summed E-state index contributed by atoms with van der Waals surface area (Å²) in [5.41, 5.74) is 1.81. The summed E-state index contributed by atoms with van der Waals surface area (Å²) in [6.07, 6.45) is 0.908. The van der Waals surface area contributed by atoms with Gasteiger partial charge in [0.1, 0.15) is 28.4 Å². The van der Waals surface area contributed by atoms with Gasteiger partial charge >= 0.3 is 5.97 Å². The van der Waals surface area contributed by atoms with Crippen molar-refractivity contribution >= 4 is 75.9 Å². The molecule has 222 valence electrons. The highest BCUT2D eigenvalue weighted by molar-refractivity contribution is 8.01. The van der Waals surface area contributed by atoms with Crippen LogP contribution < -0.4 is 5.32 Å². The van der Waals surface area contributed by atoms with Crippen LogP contribution in [-0.4, -0.2) is 79.7 Å². The minimum Gasteiger partial charge on any atom is -0.448 e. The number of benzene rings is 2. The molecule has 2 aromatic carbocycles. The zero-order valence-corrected chi connectivity index (χ0v) is 25.8. The van der Waals surface area contributed by atoms with Crippen LogP contribution in [0, 0.1) is 0 Å². The summed E-state index contributed by atoms with van der Waals surface area (Å²) in [6.45, 7) is 0. The van der Waals surface area contributed by atoms with Gasteiger partial charge in [-0.25, -0.2) is 4.79 Å². The molecular weight excluding hydrogens is 634 g/mol. The third-order valence-corrected chi connectivity index (χ3v) is 9.97. The molecule has 3 aromatic rings. The van der Waals surface area contributed by atoms with Crippen molar-refractivity contribution in [2.75, 3.05) is 24.5 Å². The molecule has 1 aromatic heterocycles. The number of ketones is 1. The van der Waals surface area contributed by atoms with E-state index in [1.807, 2.05) is 60.7 Å². The Morgan fingerprint density at radius 2 is 1.81 bits per heavy atom. The summed E-state index contributed by atoms with van der Waals surface area (Å²) < 4.78 is 10.9. The second-order valence-electron chi connectivity index (χ2n) is 9.12. The molecule has 1 N–H and O–H groups in total. The maximum absolute atomic E-state index is 14.0. The lowest BCUT2D eigenvalue weighted by atomic mass is 10.0. The Hall–Kier alpha value is -3.72. The number of nitrogens with one attached hydrogen (secondary N) is 1. The van der Waals surface area contributed by atoms with E-state index < -0.39 is 52.7 Å². The summed E-state index contributed by atoms with van der Waals surface area (Å²) in [5.74, 6) is -2.54. The Labute approximate surface area is 264 Å². The highest BCUT2D eigenvalue weighted by Crippen LogP contribution is 2.43. The number of aromatic nitrogens is 2. The standard InChI is InChI=1S/C28H24ClN5O6S3/c1-39-32-21(19(35)12-29)25(36)31-22-26(37)34-23(18(15-42-27(22)34)14-41-20-13-30-33-43-20)28(38)40-24(16-8-4-2-5-9-16)17-10-6-3-7-11-17/h2-11,13,22,24,27H,12,14-15H2,1H3,(H,31,36)/b32-21-/t22?,27-/m0/s1. The average molecular weight is 658 g/mol. The molecule has 11 nitrogen and oxygen atoms in total. The van der Waals surface area contributed by atoms with E-state index in [2.05, 4.69) is 24.9 Å². The molecule has 1 saturated heterocycles. The molecule has 0 saturated carbocycles. The van der Waals surface area contributed by atoms with Crippen LogP contribution in [0.15, 0.2) is 87.5 Å². The van der Waals surface area contributed by atoms with Gasteiger partial charge in [0, 0.05) is 11.5 Å². The summed E-state index contributed by atoms with van der Waals surface area (Å²) in [5, 5.41) is 9.27. The second-order valence-corrected chi connectivity index (χ2v) is 12.6. The molecule has 1 unspecified atom stereocenters. The number of hydrogen-bond acceptors (Lipinski definition) is 12. The van der Waals surface area contributed by atoms with Crippen LogP contribution in [0.1, 0.15) is 17.2 Å². The number of oxime groups is 1. The SMILES string of the molecule is CO/N=C(/C(=O)CCl)C(=O)NC1C(=O)N2C(C(=O)OC(c3ccccc3)c3ccccc3)=C(CSc3cnns3)CS[C@@H]12. The van der Waals surface area contributed by atoms with Gasteiger partial charge in [-0.15, -0.1) is 40.2 Å². The van der Waals surface area contributed by atoms with Crippen molar-refractivity contribution in [1.29, 1.82) is 0 Å². The number of alkyl halides is 1. The van der Waals surface area contributed by atoms with Gasteiger partial charge in [0.15, 0.2) is 6.10 Å². The molecule has 2 amide bonds. The molecule has 5 rings (SSSR count). The highest BCUT2D eigenvalue weighted by atomic mass is 35.5. The normalized spacial score (nSPS) is 18.2. The first-order valence-corrected chi connectivity index (χ1v) is 16.2. The van der Waals surface area contributed by atoms with Crippen molar-refractivity contribution in [3.63, 3.8) is 0 Å². The van der Waals surface area contributed by atoms with Crippen LogP contribution in [0.3, 0.4) is 0 Å². The largest absolute Gasteiger partial charge is 0.448 e. The van der Waals surface area contributed by atoms with Crippen LogP contribution in [-0.2, 0) is 28.8 Å². The number of carbonyl (C=O) groups excluding carboxylic acids is 4. The fraction of sp³-hybridized carbons (Fsp3) is 0.250. The fourth-order valence-electron chi connectivity index (χ4n) is 4.49. The van der Waals surface area contributed by atoms with Gasteiger partial charge in [-0.05, 0) is 28.2 Å². The quantitative estimate of drug-likeness (QED) is 0.0586. The topological polar surface area (TPSA) is 140 Å². The van der Waals surface area contributed by atoms with Crippen molar-refractivity contribution in [1.82, 2.24) is 19.8 Å². The third-order valence-electron chi connectivity index (χ3n) is 6.47. The fourth-order valence-corrected chi connectivity index (χ4v) is 7.53. The van der Waals surface area contributed by atoms with Crippen molar-refractivity contribution in [2.45, 2.75) is 21.7 Å². The molecule has 3 heterocycles. The lowest BCUT2D eigenvalue weighted by molar-refractivity contribution is -0.154. The van der Waals surface area contributed by atoms with E-state index in [4.69, 9.17) is 16.3 Å². The molecule has 2 aliphatic rings. The number of thioether (sulfide) groups is 2. The van der Waals surface area contributed by atoms with E-state index in [9.17, 15) is 19.2 Å². The Balaban J connectivity index is 1.43. The lowest BCUT2D eigenvalue weighted by Gasteiger charge is -2.49. The first kappa shape index (κ1) is 30.7. The van der Waals surface area contributed by atoms with E-state index >= 15 is 0 Å². The van der Waals surface area contributed by atoms with Gasteiger partial charge < -0.3 is 14.9 Å². The molecule has 2 aliphatic heterocycles. The van der Waals surface area contributed by atoms with Gasteiger partial charge in [0.25, 0.3) is 11.8 Å². The Kier molecular flexibility index (Phi) is 10.1. The number of halogens is 1. The minimum atomic E-state index is -1.01. The zero-order valence-electron chi connectivity index (χ0n) is 22.5. The molecule has 2 atom stereocenters. The molecule has 43 heavy (non-hydrogen) atoms.